The number of halogens is 2. The Kier molecular flexibility index (Phi) is 4.24. The highest BCUT2D eigenvalue weighted by molar-refractivity contribution is 8.01. The highest BCUT2D eigenvalue weighted by Gasteiger charge is 2.28. The molecule has 0 spiro atoms. The van der Waals surface area contributed by atoms with E-state index in [1.54, 1.807) is 6.07 Å². The van der Waals surface area contributed by atoms with Crippen LogP contribution in [0, 0.1) is 5.82 Å². The van der Waals surface area contributed by atoms with Gasteiger partial charge in [-0.3, -0.25) is 9.59 Å². The van der Waals surface area contributed by atoms with Crippen molar-refractivity contribution < 1.29 is 14.0 Å². The summed E-state index contributed by atoms with van der Waals surface area (Å²) in [5, 5.41) is 2.45. The van der Waals surface area contributed by atoms with E-state index in [9.17, 15) is 14.0 Å². The summed E-state index contributed by atoms with van der Waals surface area (Å²) in [6, 6.07) is 4.30. The van der Waals surface area contributed by atoms with Gasteiger partial charge in [0.05, 0.1) is 16.0 Å². The average molecular weight is 288 g/mol. The molecule has 1 aromatic carbocycles. The molecule has 0 bridgehead atoms. The van der Waals surface area contributed by atoms with E-state index in [-0.39, 0.29) is 28.5 Å². The van der Waals surface area contributed by atoms with E-state index in [0.717, 1.165) is 5.56 Å². The number of carbonyl (C=O) groups is 2. The predicted molar refractivity (Wildman–Crippen MR) is 69.1 cm³/mol. The zero-order valence-corrected chi connectivity index (χ0v) is 11.0. The third-order valence-electron chi connectivity index (χ3n) is 2.60. The Morgan fingerprint density at radius 3 is 2.94 bits per heavy atom. The average Bonchev–Trinajstić information content (AvgIpc) is 2.77. The first-order valence-corrected chi connectivity index (χ1v) is 6.84. The maximum absolute atomic E-state index is 12.9. The van der Waals surface area contributed by atoms with Crippen molar-refractivity contribution in [3.63, 3.8) is 0 Å². The van der Waals surface area contributed by atoms with Gasteiger partial charge in [0.1, 0.15) is 11.6 Å². The first-order chi connectivity index (χ1) is 8.56. The molecular weight excluding hydrogens is 277 g/mol. The molecule has 1 saturated heterocycles. The van der Waals surface area contributed by atoms with Crippen LogP contribution in [0.3, 0.4) is 0 Å². The molecule has 0 radical (unpaired) electrons. The van der Waals surface area contributed by atoms with Crippen molar-refractivity contribution in [2.75, 3.05) is 5.75 Å². The summed E-state index contributed by atoms with van der Waals surface area (Å²) < 4.78 is 12.9. The Bertz CT molecular complexity index is 495. The summed E-state index contributed by atoms with van der Waals surface area (Å²) in [6.45, 7) is 0.282. The monoisotopic (exact) mass is 287 g/mol. The molecule has 96 valence electrons. The predicted octanol–water partition coefficient (Wildman–Crippen LogP) is 2.17. The van der Waals surface area contributed by atoms with Gasteiger partial charge in [-0.1, -0.05) is 17.7 Å². The Hall–Kier alpha value is -1.07. The van der Waals surface area contributed by atoms with Gasteiger partial charge in [0.15, 0.2) is 0 Å². The van der Waals surface area contributed by atoms with Crippen molar-refractivity contribution in [3.05, 3.63) is 34.6 Å². The second-order valence-electron chi connectivity index (χ2n) is 4.01. The molecule has 0 aromatic heterocycles. The summed E-state index contributed by atoms with van der Waals surface area (Å²) in [5.41, 5.74) is 0.726. The number of hydrogen-bond acceptors (Lipinski definition) is 3. The molecule has 1 heterocycles. The number of nitrogens with one attached hydrogen (secondary N) is 1. The van der Waals surface area contributed by atoms with E-state index < -0.39 is 5.82 Å². The second kappa shape index (κ2) is 5.71. The van der Waals surface area contributed by atoms with Crippen LogP contribution in [0.1, 0.15) is 12.0 Å². The number of Topliss-reactive ketones (excluding diaryl/α,β-unsaturated/α-hetero) is 1. The van der Waals surface area contributed by atoms with Crippen molar-refractivity contribution >= 4 is 35.1 Å². The van der Waals surface area contributed by atoms with Crippen molar-refractivity contribution in [2.24, 2.45) is 0 Å². The van der Waals surface area contributed by atoms with Crippen LogP contribution in [-0.4, -0.2) is 22.7 Å². The van der Waals surface area contributed by atoms with Gasteiger partial charge >= 0.3 is 0 Å². The molecule has 1 aliphatic rings. The Labute approximate surface area is 113 Å². The third kappa shape index (κ3) is 3.23. The summed E-state index contributed by atoms with van der Waals surface area (Å²) in [6.07, 6.45) is 0.292. The lowest BCUT2D eigenvalue weighted by Crippen LogP contribution is -2.31. The van der Waals surface area contributed by atoms with Gasteiger partial charge in [-0.2, -0.15) is 0 Å². The fraction of sp³-hybridized carbons (Fsp3) is 0.333. The lowest BCUT2D eigenvalue weighted by molar-refractivity contribution is -0.123. The molecule has 1 atom stereocenters. The number of amides is 1. The summed E-state index contributed by atoms with van der Waals surface area (Å²) in [5.74, 6) is -0.138. The molecule has 1 aliphatic heterocycles. The number of benzene rings is 1. The third-order valence-corrected chi connectivity index (χ3v) is 4.16. The normalized spacial score (nSPS) is 19.0. The number of thioether (sulfide) groups is 1. The minimum Gasteiger partial charge on any atom is -0.351 e. The molecule has 18 heavy (non-hydrogen) atoms. The van der Waals surface area contributed by atoms with Crippen LogP contribution in [0.4, 0.5) is 4.39 Å². The maximum Gasteiger partial charge on any atom is 0.233 e. The summed E-state index contributed by atoms with van der Waals surface area (Å²) >= 11 is 6.99. The Morgan fingerprint density at radius 1 is 1.56 bits per heavy atom. The highest BCUT2D eigenvalue weighted by Crippen LogP contribution is 2.23. The minimum atomic E-state index is -0.483. The standard InChI is InChI=1S/C12H11ClFNO2S/c13-9-3-7(1-2-10(9)14)5-15-12(17)11-4-8(16)6-18-11/h1-3,11H,4-6H2,(H,15,17). The first-order valence-electron chi connectivity index (χ1n) is 5.41. The lowest BCUT2D eigenvalue weighted by atomic mass is 10.2. The fourth-order valence-corrected chi connectivity index (χ4v) is 2.89. The molecule has 1 unspecified atom stereocenters. The number of hydrogen-bond donors (Lipinski definition) is 1. The quantitative estimate of drug-likeness (QED) is 0.927. The van der Waals surface area contributed by atoms with E-state index in [1.165, 1.54) is 23.9 Å². The largest absolute Gasteiger partial charge is 0.351 e. The summed E-state index contributed by atoms with van der Waals surface area (Å²) in [7, 11) is 0. The van der Waals surface area contributed by atoms with Gasteiger partial charge in [0.25, 0.3) is 0 Å². The van der Waals surface area contributed by atoms with Crippen LogP contribution in [0.2, 0.25) is 5.02 Å². The molecule has 1 N–H and O–H groups in total. The molecular formula is C12H11ClFNO2S. The number of rotatable bonds is 3. The van der Waals surface area contributed by atoms with Crippen LogP contribution in [0.15, 0.2) is 18.2 Å². The molecule has 1 aromatic rings. The van der Waals surface area contributed by atoms with Gasteiger partial charge in [-0.15, -0.1) is 11.8 Å². The Morgan fingerprint density at radius 2 is 2.33 bits per heavy atom. The maximum atomic E-state index is 12.9. The smallest absolute Gasteiger partial charge is 0.233 e. The van der Waals surface area contributed by atoms with Gasteiger partial charge in [0.2, 0.25) is 5.91 Å². The topological polar surface area (TPSA) is 46.2 Å². The zero-order chi connectivity index (χ0) is 13.1. The van der Waals surface area contributed by atoms with E-state index >= 15 is 0 Å². The molecule has 2 rings (SSSR count). The molecule has 0 saturated carbocycles. The lowest BCUT2D eigenvalue weighted by Gasteiger charge is -2.09. The van der Waals surface area contributed by atoms with E-state index in [4.69, 9.17) is 11.6 Å². The fourth-order valence-electron chi connectivity index (χ4n) is 1.64. The van der Waals surface area contributed by atoms with Crippen molar-refractivity contribution in [1.29, 1.82) is 0 Å². The van der Waals surface area contributed by atoms with Crippen molar-refractivity contribution in [3.8, 4) is 0 Å². The van der Waals surface area contributed by atoms with Crippen LogP contribution in [-0.2, 0) is 16.1 Å². The Balaban J connectivity index is 1.89. The van der Waals surface area contributed by atoms with Gasteiger partial charge < -0.3 is 5.32 Å². The van der Waals surface area contributed by atoms with E-state index in [0.29, 0.717) is 12.2 Å². The first kappa shape index (κ1) is 13.4. The van der Waals surface area contributed by atoms with Gasteiger partial charge in [-0.25, -0.2) is 4.39 Å². The van der Waals surface area contributed by atoms with Crippen molar-refractivity contribution in [2.45, 2.75) is 18.2 Å². The molecule has 1 amide bonds. The SMILES string of the molecule is O=C1CSC(C(=O)NCc2ccc(F)c(Cl)c2)C1. The van der Waals surface area contributed by atoms with Gasteiger partial charge in [-0.05, 0) is 17.7 Å². The van der Waals surface area contributed by atoms with Crippen LogP contribution in [0.5, 0.6) is 0 Å². The van der Waals surface area contributed by atoms with E-state index in [1.807, 2.05) is 0 Å². The molecule has 3 nitrogen and oxygen atoms in total. The summed E-state index contributed by atoms with van der Waals surface area (Å²) in [4.78, 5) is 22.8. The van der Waals surface area contributed by atoms with Crippen LogP contribution >= 0.6 is 23.4 Å². The minimum absolute atomic E-state index is 0.0344. The highest BCUT2D eigenvalue weighted by atomic mass is 35.5. The van der Waals surface area contributed by atoms with Crippen LogP contribution < -0.4 is 5.32 Å². The molecule has 0 aliphatic carbocycles. The van der Waals surface area contributed by atoms with E-state index in [2.05, 4.69) is 5.32 Å². The number of carbonyl (C=O) groups excluding carboxylic acids is 2. The van der Waals surface area contributed by atoms with Crippen LogP contribution in [0.25, 0.3) is 0 Å². The zero-order valence-electron chi connectivity index (χ0n) is 9.41. The molecule has 6 heteroatoms. The number of ketones is 1. The van der Waals surface area contributed by atoms with Gasteiger partial charge in [0, 0.05) is 13.0 Å². The molecule has 1 fully saturated rings. The van der Waals surface area contributed by atoms with Crippen molar-refractivity contribution in [1.82, 2.24) is 5.32 Å². The second-order valence-corrected chi connectivity index (χ2v) is 5.61.